The van der Waals surface area contributed by atoms with Crippen LogP contribution >= 0.6 is 12.6 Å². The van der Waals surface area contributed by atoms with Gasteiger partial charge in [0.05, 0.1) is 5.92 Å². The van der Waals surface area contributed by atoms with E-state index in [1.165, 1.54) is 0 Å². The van der Waals surface area contributed by atoms with Gasteiger partial charge in [0, 0.05) is 5.25 Å². The maximum Gasteiger partial charge on any atom is 0.392 e. The Kier molecular flexibility index (Phi) is 2.18. The third kappa shape index (κ3) is 1.59. The number of rotatable bonds is 0. The summed E-state index contributed by atoms with van der Waals surface area (Å²) in [5.41, 5.74) is 0. The van der Waals surface area contributed by atoms with E-state index in [0.29, 0.717) is 12.8 Å². The van der Waals surface area contributed by atoms with Gasteiger partial charge in [-0.1, -0.05) is 6.42 Å². The van der Waals surface area contributed by atoms with Gasteiger partial charge in [0.2, 0.25) is 0 Å². The standard InChI is InChI=1S/C6H9F3S/c7-6(8,9)4-2-1-3-5(4)10/h4-5,10H,1-3H2. The van der Waals surface area contributed by atoms with E-state index in [0.717, 1.165) is 0 Å². The summed E-state index contributed by atoms with van der Waals surface area (Å²) in [6.45, 7) is 0. The normalized spacial score (nSPS) is 34.8. The molecule has 0 heterocycles. The molecule has 0 nitrogen and oxygen atoms in total. The minimum atomic E-state index is -4.02. The second kappa shape index (κ2) is 2.64. The van der Waals surface area contributed by atoms with Gasteiger partial charge in [-0.15, -0.1) is 0 Å². The Hall–Kier alpha value is 0.140. The summed E-state index contributed by atoms with van der Waals surface area (Å²) in [7, 11) is 0. The summed E-state index contributed by atoms with van der Waals surface area (Å²) >= 11 is 3.86. The van der Waals surface area contributed by atoms with Crippen LogP contribution in [0.15, 0.2) is 0 Å². The van der Waals surface area contributed by atoms with E-state index in [9.17, 15) is 13.2 Å². The number of alkyl halides is 3. The molecule has 2 unspecified atom stereocenters. The fraction of sp³-hybridized carbons (Fsp3) is 1.00. The van der Waals surface area contributed by atoms with Crippen molar-refractivity contribution in [3.8, 4) is 0 Å². The van der Waals surface area contributed by atoms with E-state index in [2.05, 4.69) is 12.6 Å². The molecular formula is C6H9F3S. The lowest BCUT2D eigenvalue weighted by molar-refractivity contribution is -0.170. The molecule has 0 amide bonds. The van der Waals surface area contributed by atoms with Crippen molar-refractivity contribution in [3.05, 3.63) is 0 Å². The molecule has 1 aliphatic carbocycles. The summed E-state index contributed by atoms with van der Waals surface area (Å²) in [4.78, 5) is 0. The van der Waals surface area contributed by atoms with Crippen molar-refractivity contribution < 1.29 is 13.2 Å². The molecule has 0 bridgehead atoms. The van der Waals surface area contributed by atoms with Crippen LogP contribution in [0.2, 0.25) is 0 Å². The van der Waals surface area contributed by atoms with Crippen LogP contribution in [0.5, 0.6) is 0 Å². The Labute approximate surface area is 63.2 Å². The van der Waals surface area contributed by atoms with Gasteiger partial charge in [-0.05, 0) is 12.8 Å². The predicted molar refractivity (Wildman–Crippen MR) is 36.2 cm³/mol. The second-order valence-electron chi connectivity index (χ2n) is 2.65. The van der Waals surface area contributed by atoms with Gasteiger partial charge in [-0.2, -0.15) is 25.8 Å². The molecule has 0 aromatic carbocycles. The van der Waals surface area contributed by atoms with E-state index in [-0.39, 0.29) is 6.42 Å². The maximum absolute atomic E-state index is 12.0. The first kappa shape index (κ1) is 8.24. The van der Waals surface area contributed by atoms with Crippen LogP contribution in [0.3, 0.4) is 0 Å². The number of hydrogen-bond donors (Lipinski definition) is 1. The number of hydrogen-bond acceptors (Lipinski definition) is 1. The lowest BCUT2D eigenvalue weighted by Crippen LogP contribution is -2.26. The minimum absolute atomic E-state index is 0.262. The van der Waals surface area contributed by atoms with E-state index in [1.54, 1.807) is 0 Å². The third-order valence-corrected chi connectivity index (χ3v) is 2.52. The van der Waals surface area contributed by atoms with Crippen molar-refractivity contribution in [1.29, 1.82) is 0 Å². The average Bonchev–Trinajstić information content (AvgIpc) is 2.11. The van der Waals surface area contributed by atoms with E-state index in [4.69, 9.17) is 0 Å². The van der Waals surface area contributed by atoms with Gasteiger partial charge < -0.3 is 0 Å². The van der Waals surface area contributed by atoms with Crippen LogP contribution in [0.4, 0.5) is 13.2 Å². The zero-order chi connectivity index (χ0) is 7.78. The second-order valence-corrected chi connectivity index (χ2v) is 3.31. The maximum atomic E-state index is 12.0. The molecule has 60 valence electrons. The molecule has 1 rings (SSSR count). The molecule has 0 aromatic heterocycles. The van der Waals surface area contributed by atoms with Gasteiger partial charge in [0.15, 0.2) is 0 Å². The molecule has 1 fully saturated rings. The van der Waals surface area contributed by atoms with Crippen LogP contribution in [0.25, 0.3) is 0 Å². The Morgan fingerprint density at radius 2 is 1.80 bits per heavy atom. The van der Waals surface area contributed by atoms with Crippen molar-refractivity contribution in [1.82, 2.24) is 0 Å². The smallest absolute Gasteiger partial charge is 0.175 e. The summed E-state index contributed by atoms with van der Waals surface area (Å²) in [5, 5.41) is -0.458. The monoisotopic (exact) mass is 170 g/mol. The Morgan fingerprint density at radius 3 is 2.00 bits per heavy atom. The highest BCUT2D eigenvalue weighted by Gasteiger charge is 2.45. The molecule has 0 spiro atoms. The fourth-order valence-electron chi connectivity index (χ4n) is 1.32. The zero-order valence-electron chi connectivity index (χ0n) is 5.36. The van der Waals surface area contributed by atoms with Crippen molar-refractivity contribution in [2.75, 3.05) is 0 Å². The van der Waals surface area contributed by atoms with Crippen molar-refractivity contribution in [3.63, 3.8) is 0 Å². The molecule has 1 aliphatic rings. The highest BCUT2D eigenvalue weighted by Crippen LogP contribution is 2.41. The van der Waals surface area contributed by atoms with Crippen LogP contribution in [-0.2, 0) is 0 Å². The topological polar surface area (TPSA) is 0 Å². The Balaban J connectivity index is 2.55. The molecule has 0 radical (unpaired) electrons. The molecule has 4 heteroatoms. The first-order chi connectivity index (χ1) is 4.52. The lowest BCUT2D eigenvalue weighted by atomic mass is 10.1. The third-order valence-electron chi connectivity index (χ3n) is 1.90. The summed E-state index contributed by atoms with van der Waals surface area (Å²) < 4.78 is 35.9. The quantitative estimate of drug-likeness (QED) is 0.531. The van der Waals surface area contributed by atoms with Crippen molar-refractivity contribution in [2.24, 2.45) is 5.92 Å². The molecule has 1 saturated carbocycles. The van der Waals surface area contributed by atoms with Gasteiger partial charge in [-0.3, -0.25) is 0 Å². The summed E-state index contributed by atoms with van der Waals surface area (Å²) in [6.07, 6.45) is -2.49. The molecule has 0 N–H and O–H groups in total. The zero-order valence-corrected chi connectivity index (χ0v) is 6.25. The lowest BCUT2D eigenvalue weighted by Gasteiger charge is -2.17. The number of thiol groups is 1. The first-order valence-electron chi connectivity index (χ1n) is 3.26. The van der Waals surface area contributed by atoms with Crippen LogP contribution in [-0.4, -0.2) is 11.4 Å². The molecule has 0 aliphatic heterocycles. The van der Waals surface area contributed by atoms with E-state index >= 15 is 0 Å². The molecule has 0 aromatic rings. The molecule has 2 atom stereocenters. The fourth-order valence-corrected chi connectivity index (χ4v) is 1.82. The molecule has 0 saturated heterocycles. The van der Waals surface area contributed by atoms with Gasteiger partial charge >= 0.3 is 6.18 Å². The SMILES string of the molecule is FC(F)(F)C1CCCC1S. The Morgan fingerprint density at radius 1 is 1.20 bits per heavy atom. The van der Waals surface area contributed by atoms with Gasteiger partial charge in [-0.25, -0.2) is 0 Å². The van der Waals surface area contributed by atoms with E-state index in [1.807, 2.05) is 0 Å². The average molecular weight is 170 g/mol. The Bertz CT molecular complexity index is 121. The van der Waals surface area contributed by atoms with E-state index < -0.39 is 17.3 Å². The highest BCUT2D eigenvalue weighted by molar-refractivity contribution is 7.81. The van der Waals surface area contributed by atoms with Gasteiger partial charge in [0.25, 0.3) is 0 Å². The summed E-state index contributed by atoms with van der Waals surface area (Å²) in [6, 6.07) is 0. The van der Waals surface area contributed by atoms with Crippen molar-refractivity contribution in [2.45, 2.75) is 30.7 Å². The molecule has 10 heavy (non-hydrogen) atoms. The van der Waals surface area contributed by atoms with Crippen LogP contribution < -0.4 is 0 Å². The summed E-state index contributed by atoms with van der Waals surface area (Å²) in [5.74, 6) is -1.16. The minimum Gasteiger partial charge on any atom is -0.175 e. The van der Waals surface area contributed by atoms with Gasteiger partial charge in [0.1, 0.15) is 0 Å². The first-order valence-corrected chi connectivity index (χ1v) is 3.78. The van der Waals surface area contributed by atoms with Crippen molar-refractivity contribution >= 4 is 12.6 Å². The highest BCUT2D eigenvalue weighted by atomic mass is 32.1. The van der Waals surface area contributed by atoms with Crippen LogP contribution in [0, 0.1) is 5.92 Å². The number of halogens is 3. The largest absolute Gasteiger partial charge is 0.392 e. The van der Waals surface area contributed by atoms with Crippen LogP contribution in [0.1, 0.15) is 19.3 Å². The predicted octanol–water partition coefficient (Wildman–Crippen LogP) is 2.65. The molecular weight excluding hydrogens is 161 g/mol.